The van der Waals surface area contributed by atoms with Crippen molar-refractivity contribution < 1.29 is 0 Å². The molecule has 0 N–H and O–H groups in total. The highest BCUT2D eigenvalue weighted by Gasteiger charge is 2.10. The molecule has 0 aromatic heterocycles. The highest BCUT2D eigenvalue weighted by Crippen LogP contribution is 2.20. The van der Waals surface area contributed by atoms with Gasteiger partial charge in [0.05, 0.1) is 4.20 Å². The SMILES string of the molecule is CCSC(=S)CC(C)C(=S)SCC. The van der Waals surface area contributed by atoms with Gasteiger partial charge in [-0.05, 0) is 17.9 Å². The molecule has 0 amide bonds. The van der Waals surface area contributed by atoms with E-state index < -0.39 is 0 Å². The summed E-state index contributed by atoms with van der Waals surface area (Å²) in [5.41, 5.74) is 0. The topological polar surface area (TPSA) is 0 Å². The highest BCUT2D eigenvalue weighted by atomic mass is 32.2. The van der Waals surface area contributed by atoms with Gasteiger partial charge in [0.1, 0.15) is 0 Å². The van der Waals surface area contributed by atoms with Gasteiger partial charge in [0, 0.05) is 10.1 Å². The first-order valence-electron chi connectivity index (χ1n) is 4.44. The van der Waals surface area contributed by atoms with Gasteiger partial charge in [-0.1, -0.05) is 45.2 Å². The van der Waals surface area contributed by atoms with Crippen LogP contribution in [0.2, 0.25) is 0 Å². The standard InChI is InChI=1S/C9H16S4/c1-4-12-8(10)6-7(3)9(11)13-5-2/h7H,4-6H2,1-3H3. The van der Waals surface area contributed by atoms with Crippen molar-refractivity contribution in [2.45, 2.75) is 27.2 Å². The molecule has 0 nitrogen and oxygen atoms in total. The minimum atomic E-state index is 0.450. The van der Waals surface area contributed by atoms with Crippen LogP contribution < -0.4 is 0 Å². The second-order valence-electron chi connectivity index (χ2n) is 2.66. The van der Waals surface area contributed by atoms with Crippen LogP contribution in [0.4, 0.5) is 0 Å². The van der Waals surface area contributed by atoms with Crippen molar-refractivity contribution in [3.05, 3.63) is 0 Å². The Labute approximate surface area is 101 Å². The highest BCUT2D eigenvalue weighted by molar-refractivity contribution is 8.23. The number of hydrogen-bond acceptors (Lipinski definition) is 4. The molecule has 13 heavy (non-hydrogen) atoms. The van der Waals surface area contributed by atoms with Crippen molar-refractivity contribution in [2.75, 3.05) is 11.5 Å². The molecule has 0 saturated heterocycles. The molecule has 0 spiro atoms. The van der Waals surface area contributed by atoms with Crippen LogP contribution in [0.15, 0.2) is 0 Å². The summed E-state index contributed by atoms with van der Waals surface area (Å²) in [5.74, 6) is 2.59. The molecule has 0 rings (SSSR count). The maximum absolute atomic E-state index is 5.27. The molecular weight excluding hydrogens is 236 g/mol. The Balaban J connectivity index is 3.78. The lowest BCUT2D eigenvalue weighted by atomic mass is 10.1. The predicted octanol–water partition coefficient (Wildman–Crippen LogP) is 4.17. The van der Waals surface area contributed by atoms with Crippen LogP contribution in [0.25, 0.3) is 0 Å². The summed E-state index contributed by atoms with van der Waals surface area (Å²) in [4.78, 5) is 0. The summed E-state index contributed by atoms with van der Waals surface area (Å²) in [6.45, 7) is 6.41. The Hall–Kier alpha value is 0.880. The summed E-state index contributed by atoms with van der Waals surface area (Å²) in [6.07, 6.45) is 0.958. The molecule has 76 valence electrons. The van der Waals surface area contributed by atoms with Crippen LogP contribution >= 0.6 is 48.0 Å². The van der Waals surface area contributed by atoms with Gasteiger partial charge in [-0.25, -0.2) is 0 Å². The lowest BCUT2D eigenvalue weighted by Crippen LogP contribution is -2.08. The van der Waals surface area contributed by atoms with Crippen LogP contribution in [-0.2, 0) is 0 Å². The number of thioether (sulfide) groups is 2. The molecule has 0 fully saturated rings. The zero-order valence-corrected chi connectivity index (χ0v) is 11.6. The van der Waals surface area contributed by atoms with E-state index in [9.17, 15) is 0 Å². The van der Waals surface area contributed by atoms with E-state index in [1.165, 1.54) is 0 Å². The smallest absolute Gasteiger partial charge is 0.0510 e. The van der Waals surface area contributed by atoms with Crippen LogP contribution in [-0.4, -0.2) is 19.9 Å². The van der Waals surface area contributed by atoms with E-state index in [-0.39, 0.29) is 0 Å². The van der Waals surface area contributed by atoms with Gasteiger partial charge in [-0.3, -0.25) is 0 Å². The molecule has 0 aliphatic rings. The molecule has 0 bridgehead atoms. The van der Waals surface area contributed by atoms with Gasteiger partial charge in [-0.15, -0.1) is 23.5 Å². The van der Waals surface area contributed by atoms with Gasteiger partial charge in [0.15, 0.2) is 0 Å². The Morgan fingerprint density at radius 1 is 1.15 bits per heavy atom. The van der Waals surface area contributed by atoms with Crippen LogP contribution in [0, 0.1) is 5.92 Å². The fourth-order valence-corrected chi connectivity index (χ4v) is 3.22. The maximum atomic E-state index is 5.27. The quantitative estimate of drug-likeness (QED) is 0.673. The molecule has 1 unspecified atom stereocenters. The lowest BCUT2D eigenvalue weighted by molar-refractivity contribution is 0.854. The van der Waals surface area contributed by atoms with Crippen molar-refractivity contribution in [1.82, 2.24) is 0 Å². The molecule has 0 aliphatic heterocycles. The fourth-order valence-electron chi connectivity index (χ4n) is 0.838. The van der Waals surface area contributed by atoms with E-state index in [0.29, 0.717) is 5.92 Å². The van der Waals surface area contributed by atoms with Gasteiger partial charge in [0.25, 0.3) is 0 Å². The largest absolute Gasteiger partial charge is 0.119 e. The van der Waals surface area contributed by atoms with Crippen molar-refractivity contribution >= 4 is 56.4 Å². The third-order valence-corrected chi connectivity index (χ3v) is 4.50. The Morgan fingerprint density at radius 2 is 1.69 bits per heavy atom. The first kappa shape index (κ1) is 13.9. The van der Waals surface area contributed by atoms with Crippen LogP contribution in [0.1, 0.15) is 27.2 Å². The van der Waals surface area contributed by atoms with Gasteiger partial charge < -0.3 is 0 Å². The van der Waals surface area contributed by atoms with E-state index in [1.54, 1.807) is 23.5 Å². The molecule has 0 heterocycles. The summed E-state index contributed by atoms with van der Waals surface area (Å²) in [6, 6.07) is 0. The minimum absolute atomic E-state index is 0.450. The summed E-state index contributed by atoms with van der Waals surface area (Å²) >= 11 is 14.0. The van der Waals surface area contributed by atoms with Crippen molar-refractivity contribution in [2.24, 2.45) is 5.92 Å². The molecule has 4 heteroatoms. The number of rotatable bonds is 5. The average Bonchev–Trinajstić information content (AvgIpc) is 2.05. The molecule has 0 saturated carbocycles. The van der Waals surface area contributed by atoms with Crippen LogP contribution in [0.5, 0.6) is 0 Å². The van der Waals surface area contributed by atoms with E-state index in [1.807, 2.05) is 0 Å². The molecule has 0 aromatic rings. The minimum Gasteiger partial charge on any atom is -0.119 e. The molecular formula is C9H16S4. The van der Waals surface area contributed by atoms with E-state index in [4.69, 9.17) is 24.4 Å². The average molecular weight is 252 g/mol. The summed E-state index contributed by atoms with van der Waals surface area (Å²) in [5, 5.41) is 0. The van der Waals surface area contributed by atoms with E-state index in [2.05, 4.69) is 20.8 Å². The fraction of sp³-hybridized carbons (Fsp3) is 0.778. The second kappa shape index (κ2) is 8.21. The van der Waals surface area contributed by atoms with Crippen LogP contribution in [0.3, 0.4) is 0 Å². The first-order chi connectivity index (χ1) is 6.11. The summed E-state index contributed by atoms with van der Waals surface area (Å²) < 4.78 is 2.19. The summed E-state index contributed by atoms with van der Waals surface area (Å²) in [7, 11) is 0. The Morgan fingerprint density at radius 3 is 2.15 bits per heavy atom. The second-order valence-corrected chi connectivity index (χ2v) is 6.78. The maximum Gasteiger partial charge on any atom is 0.0510 e. The zero-order valence-electron chi connectivity index (χ0n) is 8.33. The first-order valence-corrected chi connectivity index (χ1v) is 7.22. The number of hydrogen-bond donors (Lipinski definition) is 0. The predicted molar refractivity (Wildman–Crippen MR) is 75.2 cm³/mol. The zero-order chi connectivity index (χ0) is 10.3. The van der Waals surface area contributed by atoms with Gasteiger partial charge in [0.2, 0.25) is 0 Å². The van der Waals surface area contributed by atoms with Crippen molar-refractivity contribution in [1.29, 1.82) is 0 Å². The normalized spacial score (nSPS) is 12.5. The Kier molecular flexibility index (Phi) is 8.77. The number of thiocarbonyl (C=S) groups is 2. The van der Waals surface area contributed by atoms with E-state index >= 15 is 0 Å². The molecule has 0 aromatic carbocycles. The third kappa shape index (κ3) is 6.89. The molecule has 1 atom stereocenters. The van der Waals surface area contributed by atoms with Gasteiger partial charge >= 0.3 is 0 Å². The lowest BCUT2D eigenvalue weighted by Gasteiger charge is -2.11. The van der Waals surface area contributed by atoms with Crippen molar-refractivity contribution in [3.63, 3.8) is 0 Å². The van der Waals surface area contributed by atoms with E-state index in [0.717, 1.165) is 26.3 Å². The third-order valence-electron chi connectivity index (χ3n) is 1.47. The Bertz CT molecular complexity index is 176. The van der Waals surface area contributed by atoms with Gasteiger partial charge in [-0.2, -0.15) is 0 Å². The molecule has 0 radical (unpaired) electrons. The van der Waals surface area contributed by atoms with Crippen molar-refractivity contribution in [3.8, 4) is 0 Å². The molecule has 0 aliphatic carbocycles. The monoisotopic (exact) mass is 252 g/mol.